The van der Waals surface area contributed by atoms with Crippen molar-refractivity contribution in [2.45, 2.75) is 78.2 Å². The molecule has 0 bridgehead atoms. The van der Waals surface area contributed by atoms with Crippen LogP contribution >= 0.6 is 11.6 Å². The van der Waals surface area contributed by atoms with Crippen molar-refractivity contribution in [1.29, 1.82) is 0 Å². The zero-order valence-corrected chi connectivity index (χ0v) is 26.5. The van der Waals surface area contributed by atoms with Crippen molar-refractivity contribution in [1.82, 2.24) is 16.2 Å². The summed E-state index contributed by atoms with van der Waals surface area (Å²) in [6.07, 6.45) is 7.24. The Bertz CT molecular complexity index is 1350. The molecule has 0 saturated heterocycles. The Kier molecular flexibility index (Phi) is 11.1. The molecule has 0 fully saturated rings. The first-order chi connectivity index (χ1) is 20.2. The summed E-state index contributed by atoms with van der Waals surface area (Å²) < 4.78 is 5.82. The van der Waals surface area contributed by atoms with E-state index in [1.54, 1.807) is 18.2 Å². The maximum atomic E-state index is 12.9. The van der Waals surface area contributed by atoms with Gasteiger partial charge in [0.1, 0.15) is 5.75 Å². The first kappa shape index (κ1) is 31.7. The van der Waals surface area contributed by atoms with Gasteiger partial charge in [-0.15, -0.1) is 0 Å². The summed E-state index contributed by atoms with van der Waals surface area (Å²) >= 11 is 6.16. The van der Waals surface area contributed by atoms with Crippen molar-refractivity contribution in [3.05, 3.63) is 100 Å². The van der Waals surface area contributed by atoms with Gasteiger partial charge in [0.25, 0.3) is 5.91 Å². The minimum absolute atomic E-state index is 0.129. The molecule has 0 aromatic heterocycles. The number of amides is 1. The Morgan fingerprint density at radius 2 is 1.71 bits per heavy atom. The van der Waals surface area contributed by atoms with Gasteiger partial charge >= 0.3 is 0 Å². The average Bonchev–Trinajstić information content (AvgIpc) is 3.19. The molecule has 0 radical (unpaired) electrons. The fourth-order valence-electron chi connectivity index (χ4n) is 5.39. The van der Waals surface area contributed by atoms with Crippen molar-refractivity contribution in [3.63, 3.8) is 0 Å². The van der Waals surface area contributed by atoms with Crippen LogP contribution in [0.15, 0.2) is 78.5 Å². The molecule has 1 aliphatic rings. The van der Waals surface area contributed by atoms with E-state index >= 15 is 0 Å². The lowest BCUT2D eigenvalue weighted by Crippen LogP contribution is -2.45. The molecular weight excluding hydrogens is 542 g/mol. The molecule has 0 aliphatic carbocycles. The van der Waals surface area contributed by atoms with E-state index in [4.69, 9.17) is 16.3 Å². The van der Waals surface area contributed by atoms with Crippen LogP contribution in [0.25, 0.3) is 11.1 Å². The zero-order valence-electron chi connectivity index (χ0n) is 25.7. The molecule has 2 atom stereocenters. The molecule has 0 spiro atoms. The highest BCUT2D eigenvalue weighted by atomic mass is 35.5. The number of ether oxygens (including phenoxy) is 1. The summed E-state index contributed by atoms with van der Waals surface area (Å²) in [7, 11) is 0. The first-order valence-electron chi connectivity index (χ1n) is 15.4. The van der Waals surface area contributed by atoms with Crippen LogP contribution in [0.4, 0.5) is 0 Å². The van der Waals surface area contributed by atoms with E-state index < -0.39 is 0 Å². The van der Waals surface area contributed by atoms with Crippen LogP contribution in [0.2, 0.25) is 5.02 Å². The molecule has 3 aromatic rings. The SMILES string of the molecule is CCCCOc1ccc(Cl)cc1C(=O)NCCc1ccc(-c2ccc(C(C)(C)C3=CCC(C)C(CC)NN3)cc2)cc1. The lowest BCUT2D eigenvalue weighted by Gasteiger charge is -2.30. The maximum Gasteiger partial charge on any atom is 0.255 e. The third kappa shape index (κ3) is 7.96. The average molecular weight is 588 g/mol. The highest BCUT2D eigenvalue weighted by molar-refractivity contribution is 6.31. The summed E-state index contributed by atoms with van der Waals surface area (Å²) in [6, 6.07) is 23.1. The lowest BCUT2D eigenvalue weighted by molar-refractivity contribution is 0.0950. The Morgan fingerprint density at radius 3 is 2.38 bits per heavy atom. The molecular formula is C36H46ClN3O2. The Hall–Kier alpha value is -3.28. The van der Waals surface area contributed by atoms with Gasteiger partial charge in [0.2, 0.25) is 0 Å². The van der Waals surface area contributed by atoms with Crippen molar-refractivity contribution in [3.8, 4) is 16.9 Å². The van der Waals surface area contributed by atoms with Crippen molar-refractivity contribution in [2.75, 3.05) is 13.2 Å². The molecule has 3 aromatic carbocycles. The van der Waals surface area contributed by atoms with Crippen LogP contribution in [0.3, 0.4) is 0 Å². The van der Waals surface area contributed by atoms with Gasteiger partial charge in [-0.25, -0.2) is 5.43 Å². The van der Waals surface area contributed by atoms with E-state index in [1.807, 2.05) is 0 Å². The number of nitrogens with one attached hydrogen (secondary N) is 3. The minimum atomic E-state index is -0.172. The van der Waals surface area contributed by atoms with Gasteiger partial charge in [-0.3, -0.25) is 4.79 Å². The summed E-state index contributed by atoms with van der Waals surface area (Å²) in [5, 5.41) is 3.54. The quantitative estimate of drug-likeness (QED) is 0.187. The number of carbonyl (C=O) groups is 1. The van der Waals surface area contributed by atoms with Gasteiger partial charge < -0.3 is 15.5 Å². The van der Waals surface area contributed by atoms with Crippen LogP contribution in [0.5, 0.6) is 5.75 Å². The molecule has 1 amide bonds. The molecule has 1 heterocycles. The number of benzene rings is 3. The minimum Gasteiger partial charge on any atom is -0.493 e. The maximum absolute atomic E-state index is 12.9. The van der Waals surface area contributed by atoms with E-state index in [-0.39, 0.29) is 11.3 Å². The summed E-state index contributed by atoms with van der Waals surface area (Å²) in [5.41, 5.74) is 13.4. The third-order valence-electron chi connectivity index (χ3n) is 8.42. The van der Waals surface area contributed by atoms with Gasteiger partial charge in [0.05, 0.1) is 12.2 Å². The van der Waals surface area contributed by atoms with Crippen molar-refractivity contribution >= 4 is 17.5 Å². The Morgan fingerprint density at radius 1 is 1.02 bits per heavy atom. The van der Waals surface area contributed by atoms with Crippen LogP contribution in [0, 0.1) is 5.92 Å². The van der Waals surface area contributed by atoms with Gasteiger partial charge in [-0.05, 0) is 72.1 Å². The van der Waals surface area contributed by atoms with Crippen LogP contribution in [-0.2, 0) is 11.8 Å². The molecule has 0 saturated carbocycles. The number of hydrogen-bond donors (Lipinski definition) is 3. The Balaban J connectivity index is 1.34. The smallest absolute Gasteiger partial charge is 0.255 e. The number of halogens is 1. The van der Waals surface area contributed by atoms with Gasteiger partial charge in [-0.1, -0.05) is 107 Å². The largest absolute Gasteiger partial charge is 0.493 e. The molecule has 4 rings (SSSR count). The molecule has 3 N–H and O–H groups in total. The predicted molar refractivity (Wildman–Crippen MR) is 175 cm³/mol. The first-order valence-corrected chi connectivity index (χ1v) is 15.7. The van der Waals surface area contributed by atoms with E-state index in [9.17, 15) is 4.79 Å². The van der Waals surface area contributed by atoms with Crippen molar-refractivity contribution in [2.24, 2.45) is 5.92 Å². The number of hydrazine groups is 1. The fourth-order valence-corrected chi connectivity index (χ4v) is 5.57. The predicted octanol–water partition coefficient (Wildman–Crippen LogP) is 8.23. The molecule has 5 nitrogen and oxygen atoms in total. The summed E-state index contributed by atoms with van der Waals surface area (Å²) in [4.78, 5) is 12.9. The number of carbonyl (C=O) groups excluding carboxylic acids is 1. The van der Waals surface area contributed by atoms with Crippen LogP contribution in [-0.4, -0.2) is 25.1 Å². The van der Waals surface area contributed by atoms with E-state index in [1.165, 1.54) is 28.0 Å². The standard InChI is InChI=1S/C36H46ClN3O2/c1-6-8-23-42-33-19-18-30(37)24-31(33)35(41)38-22-21-26-10-12-27(13-11-26)28-14-16-29(17-15-28)36(4,5)34-20-9-25(3)32(7-2)39-40-34/h10-20,24-25,32,39-40H,6-9,21-23H2,1-5H3,(H,38,41). The monoisotopic (exact) mass is 587 g/mol. The van der Waals surface area contributed by atoms with E-state index in [0.717, 1.165) is 32.1 Å². The summed E-state index contributed by atoms with van der Waals surface area (Å²) in [5.74, 6) is 1.000. The molecule has 2 unspecified atom stereocenters. The molecule has 6 heteroatoms. The van der Waals surface area contributed by atoms with Crippen LogP contribution in [0.1, 0.15) is 81.8 Å². The third-order valence-corrected chi connectivity index (χ3v) is 8.66. The Labute approximate surface area is 257 Å². The highest BCUT2D eigenvalue weighted by Gasteiger charge is 2.29. The molecule has 42 heavy (non-hydrogen) atoms. The number of hydrogen-bond acceptors (Lipinski definition) is 4. The van der Waals surface area contributed by atoms with E-state index in [0.29, 0.717) is 41.4 Å². The number of allylic oxidation sites excluding steroid dienone is 2. The second-order valence-corrected chi connectivity index (χ2v) is 12.3. The number of rotatable bonds is 12. The zero-order chi connectivity index (χ0) is 30.1. The van der Waals surface area contributed by atoms with Crippen molar-refractivity contribution < 1.29 is 9.53 Å². The lowest BCUT2D eigenvalue weighted by atomic mass is 9.80. The summed E-state index contributed by atoms with van der Waals surface area (Å²) in [6.45, 7) is 12.3. The van der Waals surface area contributed by atoms with Crippen LogP contribution < -0.4 is 20.9 Å². The van der Waals surface area contributed by atoms with Gasteiger partial charge in [-0.2, -0.15) is 0 Å². The fraction of sp³-hybridized carbons (Fsp3) is 0.417. The molecule has 224 valence electrons. The highest BCUT2D eigenvalue weighted by Crippen LogP contribution is 2.33. The van der Waals surface area contributed by atoms with Gasteiger partial charge in [0, 0.05) is 28.7 Å². The normalized spacial score (nSPS) is 17.1. The number of unbranched alkanes of at least 4 members (excludes halogenated alkanes) is 1. The molecule has 1 aliphatic heterocycles. The second-order valence-electron chi connectivity index (χ2n) is 11.9. The topological polar surface area (TPSA) is 62.4 Å². The van der Waals surface area contributed by atoms with Gasteiger partial charge in [0.15, 0.2) is 0 Å². The second kappa shape index (κ2) is 14.8. The van der Waals surface area contributed by atoms with E-state index in [2.05, 4.69) is 105 Å².